The van der Waals surface area contributed by atoms with Gasteiger partial charge in [-0.05, 0) is 25.8 Å². The van der Waals surface area contributed by atoms with E-state index in [4.69, 9.17) is 11.6 Å². The van der Waals surface area contributed by atoms with Crippen LogP contribution in [-0.2, 0) is 0 Å². The zero-order chi connectivity index (χ0) is 20.3. The van der Waals surface area contributed by atoms with Crippen LogP contribution in [0.5, 0.6) is 5.75 Å². The zero-order valence-corrected chi connectivity index (χ0v) is 11.0. The lowest BCUT2D eigenvalue weighted by molar-refractivity contribution is 0.0695. The molecule has 22 heavy (non-hydrogen) atoms. The maximum absolute atomic E-state index is 14.4. The van der Waals surface area contributed by atoms with Gasteiger partial charge in [0.25, 0.3) is 0 Å². The van der Waals surface area contributed by atoms with E-state index in [1.165, 1.54) is 4.57 Å². The van der Waals surface area contributed by atoms with Gasteiger partial charge in [-0.25, -0.2) is 9.18 Å². The second-order valence-corrected chi connectivity index (χ2v) is 4.92. The molecule has 1 aromatic heterocycles. The van der Waals surface area contributed by atoms with Crippen molar-refractivity contribution >= 4 is 16.9 Å². The number of halogens is 2. The number of fused-ring (bicyclic) bond motifs is 1. The molecule has 3 rings (SSSR count). The van der Waals surface area contributed by atoms with Crippen LogP contribution < -0.4 is 10.2 Å². The van der Waals surface area contributed by atoms with E-state index in [-0.39, 0.29) is 11.6 Å². The summed E-state index contributed by atoms with van der Waals surface area (Å²) in [6.07, 6.45) is 2.06. The molecule has 1 aromatic carbocycles. The summed E-state index contributed by atoms with van der Waals surface area (Å²) in [7, 11) is 0. The molecule has 0 saturated heterocycles. The van der Waals surface area contributed by atoms with Crippen molar-refractivity contribution in [1.82, 2.24) is 4.57 Å². The van der Waals surface area contributed by atoms with Gasteiger partial charge in [0.15, 0.2) is 11.6 Å². The molecule has 1 fully saturated rings. The Morgan fingerprint density at radius 3 is 2.91 bits per heavy atom. The first kappa shape index (κ1) is 9.55. The number of rotatable bonds is 4. The molecule has 7 heteroatoms. The van der Waals surface area contributed by atoms with Crippen LogP contribution in [0.25, 0.3) is 10.9 Å². The Morgan fingerprint density at radius 2 is 2.32 bits per heavy atom. The van der Waals surface area contributed by atoms with Crippen LogP contribution in [0.15, 0.2) is 17.1 Å². The van der Waals surface area contributed by atoms with E-state index in [2.05, 4.69) is 0 Å². The molecule has 1 N–H and O–H groups in total. The van der Waals surface area contributed by atoms with Crippen LogP contribution in [0.3, 0.4) is 0 Å². The number of hydrogen-bond donors (Lipinski definition) is 1. The van der Waals surface area contributed by atoms with E-state index in [9.17, 15) is 23.5 Å². The molecule has 1 saturated carbocycles. The number of carbonyl (C=O) groups is 1. The van der Waals surface area contributed by atoms with Crippen LogP contribution in [0.2, 0.25) is 0 Å². The predicted molar refractivity (Wildman–Crippen MR) is 74.5 cm³/mol. The van der Waals surface area contributed by atoms with Gasteiger partial charge in [-0.2, -0.15) is 4.39 Å². The van der Waals surface area contributed by atoms with Gasteiger partial charge >= 0.3 is 5.97 Å². The van der Waals surface area contributed by atoms with Gasteiger partial charge < -0.3 is 14.4 Å². The van der Waals surface area contributed by atoms with Crippen molar-refractivity contribution in [2.24, 2.45) is 0 Å². The molecule has 0 unspecified atom stereocenters. The lowest BCUT2D eigenvalue weighted by Gasteiger charge is -2.16. The van der Waals surface area contributed by atoms with Gasteiger partial charge in [0, 0.05) is 16.4 Å². The average molecular weight is 314 g/mol. The van der Waals surface area contributed by atoms with Crippen molar-refractivity contribution in [2.75, 3.05) is 6.56 Å². The first-order valence-corrected chi connectivity index (χ1v) is 6.34. The first-order valence-electron chi connectivity index (χ1n) is 8.84. The molecule has 2 aromatic rings. The topological polar surface area (TPSA) is 68.5 Å². The van der Waals surface area contributed by atoms with Crippen LogP contribution in [0.1, 0.15) is 42.9 Å². The largest absolute Gasteiger partial charge is 0.489 e. The molecule has 0 aliphatic heterocycles. The highest BCUT2D eigenvalue weighted by atomic mass is 19.2. The fourth-order valence-corrected chi connectivity index (χ4v) is 2.37. The number of carboxylic acids is 1. The summed E-state index contributed by atoms with van der Waals surface area (Å²) in [5, 5.41) is 8.65. The normalized spacial score (nSPS) is 18.9. The molecule has 0 atom stereocenters. The Bertz CT molecular complexity index is 1010. The smallest absolute Gasteiger partial charge is 0.341 e. The summed E-state index contributed by atoms with van der Waals surface area (Å²) in [5.74, 6) is -5.93. The Kier molecular flexibility index (Phi) is 2.21. The SMILES string of the molecule is [2H]C([2H])([2H])C([2H])([2H])Oc1c(F)c(F)cc2c(=O)c(C(=O)O)cn(C3CC3)c12. The third-order valence-electron chi connectivity index (χ3n) is 3.49. The van der Waals surface area contributed by atoms with Gasteiger partial charge in [-0.15, -0.1) is 0 Å². The number of nitrogens with zero attached hydrogens (tertiary/aromatic N) is 1. The van der Waals surface area contributed by atoms with Crippen LogP contribution in [0.4, 0.5) is 8.78 Å². The second kappa shape index (κ2) is 5.08. The van der Waals surface area contributed by atoms with E-state index in [1.807, 2.05) is 0 Å². The van der Waals surface area contributed by atoms with E-state index in [0.29, 0.717) is 18.9 Å². The second-order valence-electron chi connectivity index (χ2n) is 4.92. The maximum Gasteiger partial charge on any atom is 0.341 e. The number of carboxylic acid groups (broad SMARTS) is 1. The number of aromatic carboxylic acids is 1. The quantitative estimate of drug-likeness (QED) is 0.942. The highest BCUT2D eigenvalue weighted by molar-refractivity contribution is 5.94. The molecule has 5 nitrogen and oxygen atoms in total. The Hall–Kier alpha value is -2.44. The van der Waals surface area contributed by atoms with Gasteiger partial charge in [0.05, 0.1) is 20.2 Å². The number of aromatic nitrogens is 1. The molecular formula is C15H13F2NO4. The summed E-state index contributed by atoms with van der Waals surface area (Å²) in [6.45, 7) is -6.71. The average Bonchev–Trinajstić information content (AvgIpc) is 3.36. The minimum atomic E-state index is -3.38. The monoisotopic (exact) mass is 314 g/mol. The van der Waals surface area contributed by atoms with Crippen LogP contribution in [0, 0.1) is 11.6 Å². The highest BCUT2D eigenvalue weighted by Crippen LogP contribution is 2.40. The Labute approximate surface area is 130 Å². The minimum absolute atomic E-state index is 0.336. The van der Waals surface area contributed by atoms with Crippen molar-refractivity contribution in [3.05, 3.63) is 39.7 Å². The molecule has 1 aliphatic carbocycles. The molecule has 0 amide bonds. The van der Waals surface area contributed by atoms with E-state index < -0.39 is 53.1 Å². The van der Waals surface area contributed by atoms with Crippen molar-refractivity contribution < 1.29 is 30.3 Å². The van der Waals surface area contributed by atoms with Crippen LogP contribution >= 0.6 is 0 Å². The van der Waals surface area contributed by atoms with Crippen molar-refractivity contribution in [3.63, 3.8) is 0 Å². The zero-order valence-electron chi connectivity index (χ0n) is 16.0. The third-order valence-corrected chi connectivity index (χ3v) is 3.49. The number of hydrogen-bond acceptors (Lipinski definition) is 3. The molecule has 0 radical (unpaired) electrons. The predicted octanol–water partition coefficient (Wildman–Crippen LogP) is 2.71. The number of ether oxygens (including phenoxy) is 1. The summed E-state index contributed by atoms with van der Waals surface area (Å²) >= 11 is 0. The van der Waals surface area contributed by atoms with E-state index in [0.717, 1.165) is 6.20 Å². The third kappa shape index (κ3) is 2.13. The van der Waals surface area contributed by atoms with Crippen LogP contribution in [-0.4, -0.2) is 22.2 Å². The summed E-state index contributed by atoms with van der Waals surface area (Å²) in [5.41, 5.74) is -2.18. The number of benzene rings is 1. The van der Waals surface area contributed by atoms with Gasteiger partial charge in [-0.1, -0.05) is 0 Å². The molecule has 1 heterocycles. The minimum Gasteiger partial charge on any atom is -0.489 e. The summed E-state index contributed by atoms with van der Waals surface area (Å²) < 4.78 is 70.9. The lowest BCUT2D eigenvalue weighted by Crippen LogP contribution is -2.20. The number of pyridine rings is 1. The van der Waals surface area contributed by atoms with Gasteiger partial charge in [0.2, 0.25) is 11.2 Å². The molecule has 1 aliphatic rings. The van der Waals surface area contributed by atoms with Crippen molar-refractivity contribution in [2.45, 2.75) is 25.7 Å². The maximum atomic E-state index is 14.4. The lowest BCUT2D eigenvalue weighted by atomic mass is 10.1. The fraction of sp³-hybridized carbons (Fsp3) is 0.333. The van der Waals surface area contributed by atoms with Crippen molar-refractivity contribution in [1.29, 1.82) is 0 Å². The molecular weight excluding hydrogens is 296 g/mol. The van der Waals surface area contributed by atoms with E-state index >= 15 is 0 Å². The van der Waals surface area contributed by atoms with Gasteiger partial charge in [0.1, 0.15) is 5.56 Å². The van der Waals surface area contributed by atoms with Gasteiger partial charge in [-0.3, -0.25) is 4.79 Å². The highest BCUT2D eigenvalue weighted by Gasteiger charge is 2.30. The fourth-order valence-electron chi connectivity index (χ4n) is 2.37. The summed E-state index contributed by atoms with van der Waals surface area (Å²) in [6, 6.07) is 0.160. The van der Waals surface area contributed by atoms with Crippen molar-refractivity contribution in [3.8, 4) is 5.75 Å². The molecule has 0 spiro atoms. The summed E-state index contributed by atoms with van der Waals surface area (Å²) in [4.78, 5) is 23.7. The first-order chi connectivity index (χ1) is 12.3. The molecule has 0 bridgehead atoms. The Morgan fingerprint density at radius 1 is 1.59 bits per heavy atom. The molecule has 116 valence electrons. The van der Waals surface area contributed by atoms with E-state index in [1.54, 1.807) is 0 Å². The standard InChI is InChI=1S/C15H13F2NO4/c1-2-22-14-11(17)10(16)5-8-12(14)18(7-3-4-7)6-9(13(8)19)15(20)21/h5-7H,2-4H2,1H3,(H,20,21)/i1D3,2D2. The Balaban J connectivity index is 2.40.